The lowest BCUT2D eigenvalue weighted by Gasteiger charge is -2.06. The van der Waals surface area contributed by atoms with Crippen LogP contribution in [0.1, 0.15) is 12.5 Å². The summed E-state index contributed by atoms with van der Waals surface area (Å²) < 4.78 is 0.715. The van der Waals surface area contributed by atoms with Crippen molar-refractivity contribution in [3.63, 3.8) is 0 Å². The maximum atomic E-state index is 12.1. The molecule has 144 valence electrons. The first kappa shape index (κ1) is 19.8. The molecule has 3 rings (SSSR count). The van der Waals surface area contributed by atoms with Crippen LogP contribution in [-0.2, 0) is 9.59 Å². The Bertz CT molecular complexity index is 972. The van der Waals surface area contributed by atoms with Gasteiger partial charge in [-0.05, 0) is 42.8 Å². The molecule has 28 heavy (non-hydrogen) atoms. The molecule has 0 unspecified atom stereocenters. The molecule has 3 N–H and O–H groups in total. The van der Waals surface area contributed by atoms with Crippen LogP contribution in [0.3, 0.4) is 0 Å². The third-order valence-corrected chi connectivity index (χ3v) is 5.58. The number of aryl methyl sites for hydroxylation is 1. The van der Waals surface area contributed by atoms with E-state index in [1.807, 2.05) is 31.2 Å². The van der Waals surface area contributed by atoms with E-state index in [2.05, 4.69) is 26.1 Å². The van der Waals surface area contributed by atoms with Gasteiger partial charge in [0.2, 0.25) is 16.9 Å². The molecule has 0 saturated carbocycles. The molecule has 3 aromatic rings. The summed E-state index contributed by atoms with van der Waals surface area (Å²) in [5.74, 6) is -0.0469. The number of anilines is 4. The van der Waals surface area contributed by atoms with E-state index in [9.17, 15) is 9.59 Å². The van der Waals surface area contributed by atoms with Gasteiger partial charge in [-0.15, -0.1) is 10.2 Å². The lowest BCUT2D eigenvalue weighted by atomic mass is 10.2. The third kappa shape index (κ3) is 5.80. The minimum Gasteiger partial charge on any atom is -0.330 e. The van der Waals surface area contributed by atoms with E-state index in [1.54, 1.807) is 24.3 Å². The summed E-state index contributed by atoms with van der Waals surface area (Å²) in [5.41, 5.74) is 3.45. The van der Waals surface area contributed by atoms with Crippen LogP contribution in [-0.4, -0.2) is 27.8 Å². The summed E-state index contributed by atoms with van der Waals surface area (Å²) in [4.78, 5) is 23.1. The summed E-state index contributed by atoms with van der Waals surface area (Å²) >= 11 is 2.73. The molecule has 2 aromatic carbocycles. The number of hydrogen-bond acceptors (Lipinski definition) is 7. The third-order valence-electron chi connectivity index (χ3n) is 3.61. The first-order chi connectivity index (χ1) is 13.5. The highest BCUT2D eigenvalue weighted by Crippen LogP contribution is 2.28. The topological polar surface area (TPSA) is 96.0 Å². The molecule has 0 aliphatic carbocycles. The lowest BCUT2D eigenvalue weighted by Crippen LogP contribution is -2.14. The Hall–Kier alpha value is -2.91. The van der Waals surface area contributed by atoms with Crippen LogP contribution in [0.2, 0.25) is 0 Å². The Kier molecular flexibility index (Phi) is 6.62. The van der Waals surface area contributed by atoms with Gasteiger partial charge in [0.25, 0.3) is 0 Å². The molecule has 0 atom stereocenters. The second-order valence-corrected chi connectivity index (χ2v) is 8.11. The van der Waals surface area contributed by atoms with Gasteiger partial charge < -0.3 is 16.0 Å². The van der Waals surface area contributed by atoms with Crippen molar-refractivity contribution in [3.05, 3.63) is 54.1 Å². The maximum absolute atomic E-state index is 12.1. The van der Waals surface area contributed by atoms with Gasteiger partial charge in [-0.25, -0.2) is 0 Å². The van der Waals surface area contributed by atoms with E-state index < -0.39 is 0 Å². The Morgan fingerprint density at radius 2 is 1.68 bits per heavy atom. The van der Waals surface area contributed by atoms with Gasteiger partial charge in [0.05, 0.1) is 5.75 Å². The second-order valence-electron chi connectivity index (χ2n) is 5.91. The molecular formula is C19H19N5O2S2. The molecule has 0 radical (unpaired) electrons. The molecule has 0 saturated heterocycles. The Morgan fingerprint density at radius 1 is 1.00 bits per heavy atom. The number of hydrogen-bond donors (Lipinski definition) is 3. The van der Waals surface area contributed by atoms with E-state index in [0.717, 1.165) is 11.3 Å². The lowest BCUT2D eigenvalue weighted by molar-refractivity contribution is -0.114. The van der Waals surface area contributed by atoms with Crippen molar-refractivity contribution in [2.24, 2.45) is 0 Å². The normalized spacial score (nSPS) is 10.4. The van der Waals surface area contributed by atoms with Gasteiger partial charge in [0.15, 0.2) is 4.34 Å². The maximum Gasteiger partial charge on any atom is 0.234 e. The second kappa shape index (κ2) is 9.34. The van der Waals surface area contributed by atoms with Crippen molar-refractivity contribution in [1.29, 1.82) is 0 Å². The van der Waals surface area contributed by atoms with Crippen LogP contribution >= 0.6 is 23.1 Å². The number of benzene rings is 2. The zero-order valence-corrected chi connectivity index (χ0v) is 17.0. The fourth-order valence-electron chi connectivity index (χ4n) is 2.31. The fraction of sp³-hybridized carbons (Fsp3) is 0.158. The van der Waals surface area contributed by atoms with E-state index in [4.69, 9.17) is 0 Å². The van der Waals surface area contributed by atoms with Gasteiger partial charge in [0, 0.05) is 24.0 Å². The van der Waals surface area contributed by atoms with Crippen LogP contribution in [0.25, 0.3) is 0 Å². The Labute approximate surface area is 171 Å². The highest BCUT2D eigenvalue weighted by Gasteiger charge is 2.09. The predicted molar refractivity (Wildman–Crippen MR) is 114 cm³/mol. The highest BCUT2D eigenvalue weighted by molar-refractivity contribution is 8.01. The minimum absolute atomic E-state index is 0.137. The smallest absolute Gasteiger partial charge is 0.234 e. The van der Waals surface area contributed by atoms with Crippen LogP contribution in [0.15, 0.2) is 52.9 Å². The number of aromatic nitrogens is 2. The summed E-state index contributed by atoms with van der Waals surface area (Å²) in [7, 11) is 0. The first-order valence-electron chi connectivity index (χ1n) is 8.46. The van der Waals surface area contributed by atoms with E-state index in [-0.39, 0.29) is 17.6 Å². The van der Waals surface area contributed by atoms with E-state index >= 15 is 0 Å². The van der Waals surface area contributed by atoms with Crippen molar-refractivity contribution in [3.8, 4) is 0 Å². The van der Waals surface area contributed by atoms with Crippen LogP contribution in [0, 0.1) is 6.92 Å². The van der Waals surface area contributed by atoms with Crippen LogP contribution < -0.4 is 16.0 Å². The van der Waals surface area contributed by atoms with Gasteiger partial charge in [-0.1, -0.05) is 41.3 Å². The summed E-state index contributed by atoms with van der Waals surface area (Å²) in [6, 6.07) is 14.9. The first-order valence-corrected chi connectivity index (χ1v) is 10.3. The Morgan fingerprint density at radius 3 is 2.36 bits per heavy atom. The monoisotopic (exact) mass is 413 g/mol. The molecular weight excluding hydrogens is 394 g/mol. The van der Waals surface area contributed by atoms with Crippen molar-refractivity contribution >= 4 is 57.1 Å². The highest BCUT2D eigenvalue weighted by atomic mass is 32.2. The summed E-state index contributed by atoms with van der Waals surface area (Å²) in [6.45, 7) is 3.47. The molecule has 1 aromatic heterocycles. The van der Waals surface area contributed by atoms with Gasteiger partial charge in [-0.2, -0.15) is 0 Å². The molecule has 9 heteroatoms. The average Bonchev–Trinajstić information content (AvgIpc) is 3.11. The van der Waals surface area contributed by atoms with E-state index in [1.165, 1.54) is 30.0 Å². The van der Waals surface area contributed by atoms with Gasteiger partial charge in [0.1, 0.15) is 0 Å². The number of para-hydroxylation sites is 1. The molecule has 0 aliphatic rings. The number of nitrogens with one attached hydrogen (secondary N) is 3. The molecule has 7 nitrogen and oxygen atoms in total. The number of thioether (sulfide) groups is 1. The molecule has 1 heterocycles. The molecule has 0 spiro atoms. The van der Waals surface area contributed by atoms with E-state index in [0.29, 0.717) is 20.8 Å². The number of carbonyl (C=O) groups is 2. The number of amides is 2. The van der Waals surface area contributed by atoms with Crippen molar-refractivity contribution in [1.82, 2.24) is 10.2 Å². The predicted octanol–water partition coefficient (Wildman–Crippen LogP) is 4.28. The van der Waals surface area contributed by atoms with Crippen LogP contribution in [0.4, 0.5) is 22.2 Å². The van der Waals surface area contributed by atoms with Crippen LogP contribution in [0.5, 0.6) is 0 Å². The quantitative estimate of drug-likeness (QED) is 0.500. The molecule has 0 bridgehead atoms. The van der Waals surface area contributed by atoms with Crippen molar-refractivity contribution in [2.45, 2.75) is 18.2 Å². The average molecular weight is 414 g/mol. The van der Waals surface area contributed by atoms with Gasteiger partial charge >= 0.3 is 0 Å². The zero-order valence-electron chi connectivity index (χ0n) is 15.4. The Balaban J connectivity index is 1.49. The molecule has 0 fully saturated rings. The zero-order chi connectivity index (χ0) is 19.9. The number of nitrogens with zero attached hydrogens (tertiary/aromatic N) is 2. The fourth-order valence-corrected chi connectivity index (χ4v) is 3.88. The van der Waals surface area contributed by atoms with Crippen molar-refractivity contribution in [2.75, 3.05) is 21.7 Å². The van der Waals surface area contributed by atoms with Gasteiger partial charge in [-0.3, -0.25) is 9.59 Å². The number of carbonyl (C=O) groups excluding carboxylic acids is 2. The summed E-state index contributed by atoms with van der Waals surface area (Å²) in [6.07, 6.45) is 0. The molecule has 0 aliphatic heterocycles. The number of rotatable bonds is 7. The minimum atomic E-state index is -0.138. The summed E-state index contributed by atoms with van der Waals surface area (Å²) in [5, 5.41) is 17.6. The SMILES string of the molecule is CC(=O)Nc1ccc(NC(=O)CSc2nnc(Nc3ccccc3C)s2)cc1. The standard InChI is InChI=1S/C19H19N5O2S2/c1-12-5-3-4-6-16(12)22-18-23-24-19(28-18)27-11-17(26)21-15-9-7-14(8-10-15)20-13(2)25/h3-10H,11H2,1-2H3,(H,20,25)(H,21,26)(H,22,23). The largest absolute Gasteiger partial charge is 0.330 e. The molecule has 2 amide bonds. The van der Waals surface area contributed by atoms with Crippen molar-refractivity contribution < 1.29 is 9.59 Å².